The number of hydrogen-bond donors (Lipinski definition) is 2. The van der Waals surface area contributed by atoms with E-state index in [1.54, 1.807) is 6.07 Å². The van der Waals surface area contributed by atoms with Gasteiger partial charge in [0.25, 0.3) is 11.7 Å². The fourth-order valence-corrected chi connectivity index (χ4v) is 5.91. The average molecular weight is 617 g/mol. The number of halogens is 6. The van der Waals surface area contributed by atoms with Gasteiger partial charge in [0, 0.05) is 44.5 Å². The predicted molar refractivity (Wildman–Crippen MR) is 140 cm³/mol. The highest BCUT2D eigenvalue weighted by Crippen LogP contribution is 2.41. The molecule has 2 aliphatic rings. The molecule has 0 aromatic carbocycles. The normalized spacial score (nSPS) is 22.2. The van der Waals surface area contributed by atoms with Crippen molar-refractivity contribution in [3.8, 4) is 0 Å². The van der Waals surface area contributed by atoms with Crippen molar-refractivity contribution in [2.24, 2.45) is 17.8 Å². The Morgan fingerprint density at radius 2 is 1.98 bits per heavy atom. The number of nitrogens with one attached hydrogen (secondary N) is 2. The second kappa shape index (κ2) is 11.7. The molecule has 3 aromatic heterocycles. The zero-order chi connectivity index (χ0) is 30.2. The molecule has 1 saturated carbocycles. The van der Waals surface area contributed by atoms with E-state index in [0.29, 0.717) is 17.9 Å². The maximum absolute atomic E-state index is 14.0. The van der Waals surface area contributed by atoms with Gasteiger partial charge in [0.15, 0.2) is 0 Å². The molecule has 0 radical (unpaired) electrons. The third kappa shape index (κ3) is 6.35. The number of rotatable bonds is 8. The van der Waals surface area contributed by atoms with Crippen molar-refractivity contribution >= 4 is 29.2 Å². The summed E-state index contributed by atoms with van der Waals surface area (Å²) in [5, 5.41) is 13.9. The van der Waals surface area contributed by atoms with E-state index < -0.39 is 48.3 Å². The van der Waals surface area contributed by atoms with Crippen LogP contribution in [-0.2, 0) is 23.6 Å². The molecule has 1 unspecified atom stereocenters. The van der Waals surface area contributed by atoms with Gasteiger partial charge in [-0.15, -0.1) is 11.6 Å². The maximum Gasteiger partial charge on any atom is 0.393 e. The highest BCUT2D eigenvalue weighted by Gasteiger charge is 2.45. The van der Waals surface area contributed by atoms with Gasteiger partial charge in [-0.05, 0) is 38.2 Å². The fraction of sp³-hybridized carbons (Fsp3) is 0.615. The number of fused-ring (bicyclic) bond motifs is 1. The molecular weight excluding hydrogens is 587 g/mol. The van der Waals surface area contributed by atoms with Crippen molar-refractivity contribution < 1.29 is 31.5 Å². The zero-order valence-corrected chi connectivity index (χ0v) is 23.4. The summed E-state index contributed by atoms with van der Waals surface area (Å²) in [6, 6.07) is 0.804. The third-order valence-corrected chi connectivity index (χ3v) is 8.32. The Kier molecular flexibility index (Phi) is 8.41. The van der Waals surface area contributed by atoms with Crippen LogP contribution < -0.4 is 10.6 Å². The van der Waals surface area contributed by atoms with E-state index >= 15 is 0 Å². The zero-order valence-electron chi connectivity index (χ0n) is 22.7. The van der Waals surface area contributed by atoms with Crippen LogP contribution in [0.15, 0.2) is 18.5 Å². The van der Waals surface area contributed by atoms with Crippen molar-refractivity contribution in [1.82, 2.24) is 40.0 Å². The molecule has 2 amide bonds. The van der Waals surface area contributed by atoms with Gasteiger partial charge in [0.1, 0.15) is 5.69 Å². The lowest BCUT2D eigenvalue weighted by atomic mass is 9.81. The van der Waals surface area contributed by atoms with E-state index in [2.05, 4.69) is 30.8 Å². The Bertz CT molecular complexity index is 1450. The van der Waals surface area contributed by atoms with Gasteiger partial charge in [-0.1, -0.05) is 0 Å². The standard InChI is InChI=1S/C26H30ClF5N8O2/c1-2-39-20(5-8-34-39)23(42)37-21(14-3-6-25(28,29)7-4-14)19-13-40-24(36-19)35-18(11-27)17(38-40)10-15-9-16(26(30,31)32)12-33-22(15)41/h5,8,13-16,21H,2-4,6-7,9-12H2,1H3,(H,33,41)(H,37,42)/t15-,16-,21?/m1/s1. The highest BCUT2D eigenvalue weighted by atomic mass is 35.5. The summed E-state index contributed by atoms with van der Waals surface area (Å²) < 4.78 is 70.8. The lowest BCUT2D eigenvalue weighted by Gasteiger charge is -2.33. The minimum atomic E-state index is -4.45. The molecule has 42 heavy (non-hydrogen) atoms. The van der Waals surface area contributed by atoms with Crippen LogP contribution in [0.25, 0.3) is 5.78 Å². The number of imidazole rings is 1. The van der Waals surface area contributed by atoms with Gasteiger partial charge in [-0.25, -0.2) is 23.3 Å². The molecule has 2 fully saturated rings. The number of alkyl halides is 6. The van der Waals surface area contributed by atoms with Crippen molar-refractivity contribution in [3.05, 3.63) is 41.2 Å². The van der Waals surface area contributed by atoms with Crippen molar-refractivity contribution in [3.63, 3.8) is 0 Å². The first-order valence-electron chi connectivity index (χ1n) is 13.7. The number of aromatic nitrogens is 6. The monoisotopic (exact) mass is 616 g/mol. The number of hydrogen-bond acceptors (Lipinski definition) is 6. The number of carbonyl (C=O) groups excluding carboxylic acids is 2. The Labute approximate surface area is 242 Å². The lowest BCUT2D eigenvalue weighted by Crippen LogP contribution is -2.47. The van der Waals surface area contributed by atoms with Crippen LogP contribution in [0.4, 0.5) is 22.0 Å². The summed E-state index contributed by atoms with van der Waals surface area (Å²) in [5.74, 6) is -6.76. The molecule has 3 aromatic rings. The van der Waals surface area contributed by atoms with Crippen molar-refractivity contribution in [2.75, 3.05) is 6.54 Å². The fourth-order valence-electron chi connectivity index (χ4n) is 5.70. The van der Waals surface area contributed by atoms with Gasteiger partial charge in [0.2, 0.25) is 11.8 Å². The molecule has 3 atom stereocenters. The number of nitrogens with zero attached hydrogens (tertiary/aromatic N) is 6. The van der Waals surface area contributed by atoms with E-state index in [-0.39, 0.29) is 67.5 Å². The van der Waals surface area contributed by atoms with Crippen LogP contribution in [0.2, 0.25) is 0 Å². The molecule has 0 bridgehead atoms. The lowest BCUT2D eigenvalue weighted by molar-refractivity contribution is -0.183. The highest BCUT2D eigenvalue weighted by molar-refractivity contribution is 6.17. The van der Waals surface area contributed by atoms with Crippen LogP contribution in [0.1, 0.15) is 72.6 Å². The van der Waals surface area contributed by atoms with E-state index in [4.69, 9.17) is 11.6 Å². The van der Waals surface area contributed by atoms with Crippen LogP contribution in [0.3, 0.4) is 0 Å². The predicted octanol–water partition coefficient (Wildman–Crippen LogP) is 4.23. The summed E-state index contributed by atoms with van der Waals surface area (Å²) in [6.07, 6.45) is -2.31. The van der Waals surface area contributed by atoms with Crippen molar-refractivity contribution in [2.45, 2.75) is 76.0 Å². The van der Waals surface area contributed by atoms with Gasteiger partial charge < -0.3 is 10.6 Å². The van der Waals surface area contributed by atoms with Crippen LogP contribution >= 0.6 is 11.6 Å². The molecule has 1 aliphatic heterocycles. The Morgan fingerprint density at radius 1 is 1.24 bits per heavy atom. The summed E-state index contributed by atoms with van der Waals surface area (Å²) in [6.45, 7) is 1.80. The van der Waals surface area contributed by atoms with Gasteiger partial charge in [0.05, 0.1) is 41.1 Å². The first-order valence-corrected chi connectivity index (χ1v) is 14.3. The van der Waals surface area contributed by atoms with Crippen LogP contribution in [0, 0.1) is 17.8 Å². The third-order valence-electron chi connectivity index (χ3n) is 8.06. The van der Waals surface area contributed by atoms with E-state index in [9.17, 15) is 31.5 Å². The number of carbonyl (C=O) groups is 2. The quantitative estimate of drug-likeness (QED) is 0.289. The first-order chi connectivity index (χ1) is 19.9. The second-order valence-electron chi connectivity index (χ2n) is 10.8. The molecule has 0 spiro atoms. The molecule has 10 nitrogen and oxygen atoms in total. The van der Waals surface area contributed by atoms with E-state index in [1.165, 1.54) is 21.6 Å². The van der Waals surface area contributed by atoms with E-state index in [1.807, 2.05) is 6.92 Å². The Balaban J connectivity index is 1.45. The first kappa shape index (κ1) is 30.1. The van der Waals surface area contributed by atoms with Gasteiger partial charge in [-0.2, -0.15) is 23.4 Å². The summed E-state index contributed by atoms with van der Waals surface area (Å²) >= 11 is 6.10. The van der Waals surface area contributed by atoms with Crippen LogP contribution in [-0.4, -0.2) is 59.8 Å². The largest absolute Gasteiger partial charge is 0.393 e. The summed E-state index contributed by atoms with van der Waals surface area (Å²) in [4.78, 5) is 34.6. The number of piperidine rings is 1. The van der Waals surface area contributed by atoms with Crippen molar-refractivity contribution in [1.29, 1.82) is 0 Å². The molecule has 1 aliphatic carbocycles. The Hall–Kier alpha value is -3.36. The molecule has 2 N–H and O–H groups in total. The topological polar surface area (TPSA) is 119 Å². The van der Waals surface area contributed by atoms with E-state index in [0.717, 1.165) is 0 Å². The second-order valence-corrected chi connectivity index (χ2v) is 11.1. The molecular formula is C26H30ClF5N8O2. The Morgan fingerprint density at radius 3 is 2.64 bits per heavy atom. The van der Waals surface area contributed by atoms with Gasteiger partial charge >= 0.3 is 6.18 Å². The molecule has 5 rings (SSSR count). The summed E-state index contributed by atoms with van der Waals surface area (Å²) in [5.41, 5.74) is 1.15. The molecule has 4 heterocycles. The van der Waals surface area contributed by atoms with Crippen LogP contribution in [0.5, 0.6) is 0 Å². The molecule has 228 valence electrons. The van der Waals surface area contributed by atoms with Gasteiger partial charge in [-0.3, -0.25) is 14.3 Å². The average Bonchev–Trinajstić information content (AvgIpc) is 3.58. The number of amides is 2. The minimum Gasteiger partial charge on any atom is -0.355 e. The molecule has 16 heteroatoms. The SMILES string of the molecule is CCn1nccc1C(=O)NC(c1cn2nc(C[C@H]3C[C@@H](C(F)(F)F)CNC3=O)c(CCl)nc2n1)C1CCC(F)(F)CC1. The smallest absolute Gasteiger partial charge is 0.355 e. The number of aryl methyl sites for hydroxylation is 1. The minimum absolute atomic E-state index is 0.115. The summed E-state index contributed by atoms with van der Waals surface area (Å²) in [7, 11) is 0. The molecule has 1 saturated heterocycles. The maximum atomic E-state index is 14.0.